The Balaban J connectivity index is 1.88. The first-order valence-corrected chi connectivity index (χ1v) is 9.77. The number of nitrogens with zero attached hydrogens (tertiary/aromatic N) is 1. The summed E-state index contributed by atoms with van der Waals surface area (Å²) >= 11 is 0. The van der Waals surface area contributed by atoms with Crippen molar-refractivity contribution in [2.75, 3.05) is 27.7 Å². The molecule has 28 heavy (non-hydrogen) atoms. The fraction of sp³-hybridized carbons (Fsp3) is 0.375. The van der Waals surface area contributed by atoms with Gasteiger partial charge >= 0.3 is 5.97 Å². The molecule has 3 rings (SSSR count). The maximum Gasteiger partial charge on any atom is 0.335 e. The Labute approximate surface area is 167 Å². The summed E-state index contributed by atoms with van der Waals surface area (Å²) in [6.45, 7) is 1.06. The van der Waals surface area contributed by atoms with Gasteiger partial charge in [0.1, 0.15) is 5.75 Å². The molecule has 2 aromatic carbocycles. The lowest BCUT2D eigenvalue weighted by Crippen LogP contribution is -2.29. The molecule has 0 heterocycles. The van der Waals surface area contributed by atoms with Crippen LogP contribution in [0, 0.1) is 5.92 Å². The minimum atomic E-state index is -0.885. The third kappa shape index (κ3) is 5.02. The molecular weight excluding hydrogens is 350 g/mol. The number of methoxy groups -OCH3 is 1. The van der Waals surface area contributed by atoms with Gasteiger partial charge in [-0.15, -0.1) is 0 Å². The van der Waals surface area contributed by atoms with E-state index in [1.54, 1.807) is 19.2 Å². The zero-order chi connectivity index (χ0) is 20.1. The fourth-order valence-electron chi connectivity index (χ4n) is 4.20. The van der Waals surface area contributed by atoms with E-state index in [2.05, 4.69) is 43.3 Å². The summed E-state index contributed by atoms with van der Waals surface area (Å²) in [6.07, 6.45) is 5.34. The van der Waals surface area contributed by atoms with Crippen molar-refractivity contribution >= 4 is 12.0 Å². The summed E-state index contributed by atoms with van der Waals surface area (Å²) in [6, 6.07) is 15.6. The first-order chi connectivity index (χ1) is 13.5. The second-order valence-corrected chi connectivity index (χ2v) is 7.88. The molecule has 1 aliphatic rings. The maximum atomic E-state index is 11.3. The Morgan fingerprint density at radius 2 is 2.00 bits per heavy atom. The number of benzene rings is 2. The summed E-state index contributed by atoms with van der Waals surface area (Å²) in [5.74, 6) is 1.03. The number of carboxylic acid groups (broad SMARTS) is 1. The van der Waals surface area contributed by atoms with E-state index in [1.807, 2.05) is 18.2 Å². The molecule has 0 bridgehead atoms. The van der Waals surface area contributed by atoms with E-state index >= 15 is 0 Å². The molecule has 148 valence electrons. The molecule has 0 saturated heterocycles. The molecule has 1 N–H and O–H groups in total. The van der Waals surface area contributed by atoms with Crippen molar-refractivity contribution in [2.24, 2.45) is 5.92 Å². The molecule has 2 aromatic rings. The largest absolute Gasteiger partial charge is 0.497 e. The van der Waals surface area contributed by atoms with Gasteiger partial charge in [-0.05, 0) is 80.6 Å². The van der Waals surface area contributed by atoms with Gasteiger partial charge in [-0.3, -0.25) is 0 Å². The van der Waals surface area contributed by atoms with Crippen LogP contribution in [0.4, 0.5) is 0 Å². The van der Waals surface area contributed by atoms with Crippen LogP contribution in [0.3, 0.4) is 0 Å². The van der Waals surface area contributed by atoms with Crippen LogP contribution in [-0.4, -0.2) is 43.7 Å². The minimum absolute atomic E-state index is 0.333. The Kier molecular flexibility index (Phi) is 6.53. The van der Waals surface area contributed by atoms with Crippen LogP contribution in [0.15, 0.2) is 54.1 Å². The average Bonchev–Trinajstić information content (AvgIpc) is 2.69. The second-order valence-electron chi connectivity index (χ2n) is 7.88. The number of aromatic carboxylic acids is 1. The molecule has 1 saturated carbocycles. The van der Waals surface area contributed by atoms with Crippen molar-refractivity contribution in [3.05, 3.63) is 70.8 Å². The smallest absolute Gasteiger partial charge is 0.335 e. The summed E-state index contributed by atoms with van der Waals surface area (Å²) in [4.78, 5) is 13.5. The molecule has 0 aliphatic heterocycles. The van der Waals surface area contributed by atoms with Gasteiger partial charge in [0.2, 0.25) is 0 Å². The molecule has 0 spiro atoms. The molecule has 0 aromatic heterocycles. The lowest BCUT2D eigenvalue weighted by molar-refractivity contribution is 0.0697. The highest BCUT2D eigenvalue weighted by Gasteiger charge is 2.29. The number of allylic oxidation sites excluding steroid dienone is 1. The first-order valence-electron chi connectivity index (χ1n) is 9.77. The van der Waals surface area contributed by atoms with Gasteiger partial charge in [0, 0.05) is 6.54 Å². The lowest BCUT2D eigenvalue weighted by Gasteiger charge is -2.35. The summed E-state index contributed by atoms with van der Waals surface area (Å²) < 4.78 is 5.44. The van der Waals surface area contributed by atoms with Gasteiger partial charge in [-0.1, -0.05) is 35.9 Å². The second kappa shape index (κ2) is 9.07. The monoisotopic (exact) mass is 379 g/mol. The van der Waals surface area contributed by atoms with Crippen LogP contribution < -0.4 is 4.74 Å². The van der Waals surface area contributed by atoms with Crippen molar-refractivity contribution in [3.8, 4) is 5.75 Å². The zero-order valence-corrected chi connectivity index (χ0v) is 16.9. The third-order valence-electron chi connectivity index (χ3n) is 5.51. The van der Waals surface area contributed by atoms with E-state index in [9.17, 15) is 9.90 Å². The van der Waals surface area contributed by atoms with Crippen LogP contribution >= 0.6 is 0 Å². The quantitative estimate of drug-likeness (QED) is 0.774. The van der Waals surface area contributed by atoms with E-state index in [0.717, 1.165) is 37.1 Å². The SMILES string of the molecule is COc1cccc([C@@H]2C/C(=C/c3cccc(C(=O)O)c3)CC[C@@H]2CN(C)C)c1. The number of hydrogen-bond donors (Lipinski definition) is 1. The van der Waals surface area contributed by atoms with Gasteiger partial charge in [0.05, 0.1) is 12.7 Å². The van der Waals surface area contributed by atoms with Crippen molar-refractivity contribution in [3.63, 3.8) is 0 Å². The Morgan fingerprint density at radius 1 is 1.21 bits per heavy atom. The Hall–Kier alpha value is -2.59. The van der Waals surface area contributed by atoms with Crippen LogP contribution in [0.2, 0.25) is 0 Å². The van der Waals surface area contributed by atoms with Gasteiger partial charge in [-0.25, -0.2) is 4.79 Å². The average molecular weight is 380 g/mol. The zero-order valence-electron chi connectivity index (χ0n) is 16.9. The van der Waals surface area contributed by atoms with Crippen molar-refractivity contribution in [1.29, 1.82) is 0 Å². The van der Waals surface area contributed by atoms with Crippen LogP contribution in [0.25, 0.3) is 6.08 Å². The summed E-state index contributed by atoms with van der Waals surface area (Å²) in [5.41, 5.74) is 3.99. The Bertz CT molecular complexity index is 856. The number of carbonyl (C=O) groups is 1. The van der Waals surface area contributed by atoms with E-state index in [4.69, 9.17) is 4.74 Å². The highest BCUT2D eigenvalue weighted by atomic mass is 16.5. The standard InChI is InChI=1S/C24H29NO3/c1-25(2)16-21-11-10-18(12-17-6-4-8-20(13-17)24(26)27)14-23(21)19-7-5-9-22(15-19)28-3/h4-9,12-13,15,21,23H,10-11,14,16H2,1-3H3,(H,26,27)/b18-12+/t21-,23+/m1/s1. The van der Waals surface area contributed by atoms with Crippen LogP contribution in [0.1, 0.15) is 46.7 Å². The molecule has 0 unspecified atom stereocenters. The Morgan fingerprint density at radius 3 is 2.71 bits per heavy atom. The predicted octanol–water partition coefficient (Wildman–Crippen LogP) is 4.92. The fourth-order valence-corrected chi connectivity index (χ4v) is 4.20. The number of carboxylic acids is 1. The normalized spacial score (nSPS) is 21.1. The highest BCUT2D eigenvalue weighted by molar-refractivity contribution is 5.88. The summed E-state index contributed by atoms with van der Waals surface area (Å²) in [7, 11) is 5.97. The van der Waals surface area contributed by atoms with E-state index in [0.29, 0.717) is 17.4 Å². The molecule has 4 heteroatoms. The van der Waals surface area contributed by atoms with Crippen LogP contribution in [-0.2, 0) is 0 Å². The van der Waals surface area contributed by atoms with Crippen molar-refractivity contribution in [1.82, 2.24) is 4.90 Å². The molecule has 1 aliphatic carbocycles. The predicted molar refractivity (Wildman–Crippen MR) is 113 cm³/mol. The molecule has 4 nitrogen and oxygen atoms in total. The van der Waals surface area contributed by atoms with E-state index in [-0.39, 0.29) is 0 Å². The van der Waals surface area contributed by atoms with Crippen LogP contribution in [0.5, 0.6) is 5.75 Å². The molecular formula is C24H29NO3. The van der Waals surface area contributed by atoms with E-state index in [1.165, 1.54) is 11.1 Å². The van der Waals surface area contributed by atoms with Gasteiger partial charge in [0.15, 0.2) is 0 Å². The van der Waals surface area contributed by atoms with Gasteiger partial charge in [-0.2, -0.15) is 0 Å². The number of hydrogen-bond acceptors (Lipinski definition) is 3. The van der Waals surface area contributed by atoms with Crippen molar-refractivity contribution < 1.29 is 14.6 Å². The van der Waals surface area contributed by atoms with E-state index < -0.39 is 5.97 Å². The maximum absolute atomic E-state index is 11.3. The molecule has 2 atom stereocenters. The third-order valence-corrected chi connectivity index (χ3v) is 5.51. The minimum Gasteiger partial charge on any atom is -0.497 e. The van der Waals surface area contributed by atoms with Gasteiger partial charge in [0.25, 0.3) is 0 Å². The molecule has 0 radical (unpaired) electrons. The number of rotatable bonds is 6. The van der Waals surface area contributed by atoms with Crippen molar-refractivity contribution in [2.45, 2.75) is 25.2 Å². The first kappa shape index (κ1) is 20.2. The molecule has 1 fully saturated rings. The topological polar surface area (TPSA) is 49.8 Å². The lowest BCUT2D eigenvalue weighted by atomic mass is 9.73. The molecule has 0 amide bonds. The number of ether oxygens (including phenoxy) is 1. The summed E-state index contributed by atoms with van der Waals surface area (Å²) in [5, 5.41) is 9.24. The van der Waals surface area contributed by atoms with Gasteiger partial charge < -0.3 is 14.7 Å². The highest BCUT2D eigenvalue weighted by Crippen LogP contribution is 2.42.